The Labute approximate surface area is 86.4 Å². The largest absolute Gasteiger partial charge is 0.444 e. The molecule has 0 saturated heterocycles. The van der Waals surface area contributed by atoms with Crippen LogP contribution in [0.5, 0.6) is 0 Å². The third-order valence-corrected chi connectivity index (χ3v) is 1.95. The average Bonchev–Trinajstić information content (AvgIpc) is 1.99. The molecule has 84 valence electrons. The second-order valence-corrected chi connectivity index (χ2v) is 4.51. The minimum atomic E-state index is -0.438. The fourth-order valence-electron chi connectivity index (χ4n) is 0.868. The lowest BCUT2D eigenvalue weighted by molar-refractivity contribution is 0.0500. The third-order valence-electron chi connectivity index (χ3n) is 1.95. The quantitative estimate of drug-likeness (QED) is 0.729. The van der Waals surface area contributed by atoms with Gasteiger partial charge in [-0.05, 0) is 41.7 Å². The molecule has 2 unspecified atom stereocenters. The molecule has 0 heterocycles. The summed E-state index contributed by atoms with van der Waals surface area (Å²) in [5, 5.41) is 5.83. The van der Waals surface area contributed by atoms with E-state index in [0.29, 0.717) is 0 Å². The van der Waals surface area contributed by atoms with Crippen molar-refractivity contribution in [2.75, 3.05) is 7.05 Å². The first-order valence-corrected chi connectivity index (χ1v) is 4.93. The Balaban J connectivity index is 3.95. The van der Waals surface area contributed by atoms with E-state index in [9.17, 15) is 4.79 Å². The van der Waals surface area contributed by atoms with E-state index in [1.54, 1.807) is 0 Å². The zero-order valence-corrected chi connectivity index (χ0v) is 9.97. The maximum Gasteiger partial charge on any atom is 0.407 e. The fourth-order valence-corrected chi connectivity index (χ4v) is 0.868. The molecule has 0 spiro atoms. The Morgan fingerprint density at radius 1 is 1.21 bits per heavy atom. The van der Waals surface area contributed by atoms with Gasteiger partial charge in [0.25, 0.3) is 0 Å². The maximum atomic E-state index is 11.3. The molecule has 4 heteroatoms. The van der Waals surface area contributed by atoms with Gasteiger partial charge in [0.2, 0.25) is 0 Å². The summed E-state index contributed by atoms with van der Waals surface area (Å²) in [5.74, 6) is 0. The van der Waals surface area contributed by atoms with Crippen molar-refractivity contribution in [2.24, 2.45) is 0 Å². The Morgan fingerprint density at radius 2 is 1.71 bits per heavy atom. The van der Waals surface area contributed by atoms with Gasteiger partial charge in [-0.2, -0.15) is 0 Å². The van der Waals surface area contributed by atoms with E-state index in [1.807, 2.05) is 41.7 Å². The van der Waals surface area contributed by atoms with Crippen LogP contribution in [0.2, 0.25) is 0 Å². The van der Waals surface area contributed by atoms with Crippen LogP contribution < -0.4 is 10.6 Å². The third kappa shape index (κ3) is 5.80. The second kappa shape index (κ2) is 5.20. The number of carbonyl (C=O) groups excluding carboxylic acids is 1. The first-order valence-electron chi connectivity index (χ1n) is 4.93. The lowest BCUT2D eigenvalue weighted by Crippen LogP contribution is -2.47. The monoisotopic (exact) mass is 202 g/mol. The van der Waals surface area contributed by atoms with Crippen molar-refractivity contribution in [3.63, 3.8) is 0 Å². The van der Waals surface area contributed by atoms with Gasteiger partial charge in [0.15, 0.2) is 0 Å². The molecule has 0 aliphatic heterocycles. The Morgan fingerprint density at radius 3 is 2.07 bits per heavy atom. The van der Waals surface area contributed by atoms with Gasteiger partial charge in [0, 0.05) is 12.1 Å². The van der Waals surface area contributed by atoms with E-state index >= 15 is 0 Å². The number of likely N-dealkylation sites (N-methyl/N-ethyl adjacent to an activating group) is 1. The topological polar surface area (TPSA) is 50.4 Å². The van der Waals surface area contributed by atoms with Gasteiger partial charge in [-0.25, -0.2) is 4.79 Å². The number of hydrogen-bond acceptors (Lipinski definition) is 3. The van der Waals surface area contributed by atoms with Crippen molar-refractivity contribution in [2.45, 2.75) is 52.3 Å². The highest BCUT2D eigenvalue weighted by atomic mass is 16.6. The highest BCUT2D eigenvalue weighted by Gasteiger charge is 2.19. The Kier molecular flexibility index (Phi) is 4.91. The smallest absolute Gasteiger partial charge is 0.407 e. The first kappa shape index (κ1) is 13.2. The molecular formula is C10H22N2O2. The zero-order chi connectivity index (χ0) is 11.4. The van der Waals surface area contributed by atoms with Crippen molar-refractivity contribution < 1.29 is 9.53 Å². The van der Waals surface area contributed by atoms with Crippen molar-refractivity contribution in [1.29, 1.82) is 0 Å². The molecule has 0 aliphatic rings. The second-order valence-electron chi connectivity index (χ2n) is 4.51. The molecule has 0 fully saturated rings. The normalized spacial score (nSPS) is 15.9. The first-order chi connectivity index (χ1) is 6.26. The SMILES string of the molecule is CNC(C)C(C)NC(=O)OC(C)(C)C. The summed E-state index contributed by atoms with van der Waals surface area (Å²) in [5.41, 5.74) is -0.438. The number of carbonyl (C=O) groups is 1. The minimum absolute atomic E-state index is 0.0508. The summed E-state index contributed by atoms with van der Waals surface area (Å²) in [7, 11) is 1.86. The van der Waals surface area contributed by atoms with Crippen molar-refractivity contribution in [1.82, 2.24) is 10.6 Å². The highest BCUT2D eigenvalue weighted by Crippen LogP contribution is 2.06. The van der Waals surface area contributed by atoms with Crippen molar-refractivity contribution >= 4 is 6.09 Å². The van der Waals surface area contributed by atoms with Crippen LogP contribution in [0.1, 0.15) is 34.6 Å². The van der Waals surface area contributed by atoms with Crippen LogP contribution in [-0.2, 0) is 4.74 Å². The van der Waals surface area contributed by atoms with Crippen LogP contribution in [-0.4, -0.2) is 30.8 Å². The van der Waals surface area contributed by atoms with Gasteiger partial charge < -0.3 is 15.4 Å². The van der Waals surface area contributed by atoms with Crippen LogP contribution in [0, 0.1) is 0 Å². The van der Waals surface area contributed by atoms with E-state index in [2.05, 4.69) is 10.6 Å². The molecule has 4 nitrogen and oxygen atoms in total. The van der Waals surface area contributed by atoms with Crippen LogP contribution in [0.25, 0.3) is 0 Å². The predicted molar refractivity (Wildman–Crippen MR) is 57.4 cm³/mol. The van der Waals surface area contributed by atoms with Gasteiger partial charge in [-0.3, -0.25) is 0 Å². The van der Waals surface area contributed by atoms with Crippen molar-refractivity contribution in [3.8, 4) is 0 Å². The number of ether oxygens (including phenoxy) is 1. The summed E-state index contributed by atoms with van der Waals surface area (Å²) < 4.78 is 5.13. The molecule has 0 aromatic carbocycles. The van der Waals surface area contributed by atoms with E-state index < -0.39 is 5.60 Å². The molecule has 0 aliphatic carbocycles. The van der Waals surface area contributed by atoms with Gasteiger partial charge in [-0.1, -0.05) is 0 Å². The molecule has 1 amide bonds. The van der Waals surface area contributed by atoms with Gasteiger partial charge >= 0.3 is 6.09 Å². The number of hydrogen-bond donors (Lipinski definition) is 2. The molecule has 14 heavy (non-hydrogen) atoms. The average molecular weight is 202 g/mol. The zero-order valence-electron chi connectivity index (χ0n) is 9.97. The van der Waals surface area contributed by atoms with E-state index in [1.165, 1.54) is 0 Å². The number of alkyl carbamates (subject to hydrolysis) is 1. The fraction of sp³-hybridized carbons (Fsp3) is 0.900. The molecule has 0 radical (unpaired) electrons. The van der Waals surface area contributed by atoms with E-state index in [0.717, 1.165) is 0 Å². The lowest BCUT2D eigenvalue weighted by Gasteiger charge is -2.24. The summed E-state index contributed by atoms with van der Waals surface area (Å²) >= 11 is 0. The predicted octanol–water partition coefficient (Wildman–Crippen LogP) is 1.51. The molecule has 0 aromatic rings. The molecule has 2 atom stereocenters. The molecule has 2 N–H and O–H groups in total. The van der Waals surface area contributed by atoms with Crippen molar-refractivity contribution in [3.05, 3.63) is 0 Å². The van der Waals surface area contributed by atoms with Gasteiger partial charge in [0.05, 0.1) is 0 Å². The summed E-state index contributed by atoms with van der Waals surface area (Å²) in [6.07, 6.45) is -0.368. The number of rotatable bonds is 3. The Hall–Kier alpha value is -0.770. The Bertz CT molecular complexity index is 187. The van der Waals surface area contributed by atoms with Gasteiger partial charge in [0.1, 0.15) is 5.60 Å². The minimum Gasteiger partial charge on any atom is -0.444 e. The van der Waals surface area contributed by atoms with Crippen LogP contribution in [0.3, 0.4) is 0 Å². The summed E-state index contributed by atoms with van der Waals surface area (Å²) in [4.78, 5) is 11.3. The molecule has 0 aromatic heterocycles. The van der Waals surface area contributed by atoms with Crippen LogP contribution in [0.4, 0.5) is 4.79 Å². The molecule has 0 bridgehead atoms. The highest BCUT2D eigenvalue weighted by molar-refractivity contribution is 5.68. The summed E-state index contributed by atoms with van der Waals surface area (Å²) in [6.45, 7) is 9.48. The standard InChI is InChI=1S/C10H22N2O2/c1-7(11-6)8(2)12-9(13)14-10(3,4)5/h7-8,11H,1-6H3,(H,12,13). The summed E-state index contributed by atoms with van der Waals surface area (Å²) in [6, 6.07) is 0.275. The molecular weight excluding hydrogens is 180 g/mol. The molecule has 0 saturated carbocycles. The van der Waals surface area contributed by atoms with Crippen LogP contribution >= 0.6 is 0 Å². The maximum absolute atomic E-state index is 11.3. The van der Waals surface area contributed by atoms with E-state index in [-0.39, 0.29) is 18.2 Å². The number of amides is 1. The number of nitrogens with one attached hydrogen (secondary N) is 2. The van der Waals surface area contributed by atoms with Crippen LogP contribution in [0.15, 0.2) is 0 Å². The molecule has 0 rings (SSSR count). The van der Waals surface area contributed by atoms with E-state index in [4.69, 9.17) is 4.74 Å². The lowest BCUT2D eigenvalue weighted by atomic mass is 10.2. The van der Waals surface area contributed by atoms with Gasteiger partial charge in [-0.15, -0.1) is 0 Å².